The Morgan fingerprint density at radius 3 is 2.89 bits per heavy atom. The van der Waals surface area contributed by atoms with Gasteiger partial charge in [-0.1, -0.05) is 12.1 Å². The van der Waals surface area contributed by atoms with Gasteiger partial charge in [-0.25, -0.2) is 0 Å². The van der Waals surface area contributed by atoms with Crippen molar-refractivity contribution in [1.29, 1.82) is 0 Å². The van der Waals surface area contributed by atoms with Crippen molar-refractivity contribution in [2.24, 2.45) is 5.92 Å². The molecule has 0 bridgehead atoms. The summed E-state index contributed by atoms with van der Waals surface area (Å²) in [5, 5.41) is 3.06. The average Bonchev–Trinajstić information content (AvgIpc) is 3.31. The average molecular weight is 405 g/mol. The Morgan fingerprint density at radius 1 is 1.32 bits per heavy atom. The van der Waals surface area contributed by atoms with Crippen LogP contribution in [-0.2, 0) is 11.2 Å². The van der Waals surface area contributed by atoms with Crippen molar-refractivity contribution in [3.05, 3.63) is 23.8 Å². The first kappa shape index (κ1) is 19.9. The van der Waals surface area contributed by atoms with E-state index in [4.69, 9.17) is 9.47 Å². The van der Waals surface area contributed by atoms with E-state index in [1.54, 1.807) is 0 Å². The first-order valence-electron chi connectivity index (χ1n) is 10.5. The number of amides is 1. The molecule has 3 aliphatic heterocycles. The van der Waals surface area contributed by atoms with Crippen LogP contribution in [-0.4, -0.2) is 60.2 Å². The van der Waals surface area contributed by atoms with Crippen molar-refractivity contribution < 1.29 is 14.3 Å². The Labute approximate surface area is 172 Å². The van der Waals surface area contributed by atoms with Crippen molar-refractivity contribution in [2.45, 2.75) is 51.2 Å². The van der Waals surface area contributed by atoms with Crippen molar-refractivity contribution in [1.82, 2.24) is 10.2 Å². The molecule has 28 heavy (non-hydrogen) atoms. The second kappa shape index (κ2) is 8.54. The fourth-order valence-corrected chi connectivity index (χ4v) is 5.74. The molecule has 1 aromatic carbocycles. The van der Waals surface area contributed by atoms with Gasteiger partial charge in [-0.05, 0) is 63.9 Å². The van der Waals surface area contributed by atoms with Crippen LogP contribution in [0.4, 0.5) is 0 Å². The number of hydrogen-bond donors (Lipinski definition) is 1. The summed E-state index contributed by atoms with van der Waals surface area (Å²) in [5.74, 6) is 4.60. The van der Waals surface area contributed by atoms with Gasteiger partial charge in [0.05, 0.1) is 0 Å². The molecule has 154 valence electrons. The third kappa shape index (κ3) is 4.77. The van der Waals surface area contributed by atoms with Gasteiger partial charge in [-0.3, -0.25) is 9.69 Å². The van der Waals surface area contributed by atoms with Gasteiger partial charge < -0.3 is 14.8 Å². The van der Waals surface area contributed by atoms with Crippen LogP contribution in [0.25, 0.3) is 0 Å². The van der Waals surface area contributed by atoms with E-state index in [0.29, 0.717) is 11.7 Å². The number of carbonyl (C=O) groups excluding carboxylic acids is 1. The number of benzene rings is 1. The number of nitrogens with zero attached hydrogens (tertiary/aromatic N) is 1. The molecule has 0 radical (unpaired) electrons. The van der Waals surface area contributed by atoms with Crippen LogP contribution in [0, 0.1) is 5.92 Å². The van der Waals surface area contributed by atoms with E-state index >= 15 is 0 Å². The highest BCUT2D eigenvalue weighted by Gasteiger charge is 2.32. The molecule has 0 aromatic heterocycles. The van der Waals surface area contributed by atoms with Gasteiger partial charge in [-0.15, -0.1) is 0 Å². The van der Waals surface area contributed by atoms with Crippen molar-refractivity contribution in [3.8, 4) is 11.5 Å². The lowest BCUT2D eigenvalue weighted by Gasteiger charge is -2.35. The highest BCUT2D eigenvalue weighted by atomic mass is 32.2. The van der Waals surface area contributed by atoms with Crippen LogP contribution in [0.5, 0.6) is 11.5 Å². The van der Waals surface area contributed by atoms with Crippen LogP contribution in [0.2, 0.25) is 0 Å². The van der Waals surface area contributed by atoms with Crippen molar-refractivity contribution >= 4 is 17.7 Å². The number of nitrogens with one attached hydrogen (secondary N) is 1. The third-order valence-electron chi connectivity index (χ3n) is 6.07. The summed E-state index contributed by atoms with van der Waals surface area (Å²) < 4.78 is 11.8. The lowest BCUT2D eigenvalue weighted by Crippen LogP contribution is -2.44. The highest BCUT2D eigenvalue weighted by Crippen LogP contribution is 2.41. The van der Waals surface area contributed by atoms with Crippen molar-refractivity contribution in [2.75, 3.05) is 37.7 Å². The number of thioether (sulfide) groups is 1. The molecule has 1 unspecified atom stereocenters. The normalized spacial score (nSPS) is 24.6. The van der Waals surface area contributed by atoms with E-state index in [0.717, 1.165) is 30.3 Å². The zero-order valence-corrected chi connectivity index (χ0v) is 17.9. The summed E-state index contributed by atoms with van der Waals surface area (Å²) >= 11 is 2.08. The van der Waals surface area contributed by atoms with Gasteiger partial charge >= 0.3 is 0 Å². The van der Waals surface area contributed by atoms with Crippen LogP contribution in [0.1, 0.15) is 38.7 Å². The van der Waals surface area contributed by atoms with E-state index in [1.165, 1.54) is 43.9 Å². The zero-order chi connectivity index (χ0) is 19.6. The molecule has 2 fully saturated rings. The van der Waals surface area contributed by atoms with Gasteiger partial charge in [0.25, 0.3) is 5.91 Å². The number of likely N-dealkylation sites (tertiary alicyclic amines) is 1. The second-order valence-corrected chi connectivity index (χ2v) is 10.0. The number of hydrogen-bond acceptors (Lipinski definition) is 5. The first-order chi connectivity index (χ1) is 13.5. The Morgan fingerprint density at radius 2 is 2.14 bits per heavy atom. The van der Waals surface area contributed by atoms with Gasteiger partial charge in [-0.2, -0.15) is 11.8 Å². The molecule has 0 aliphatic carbocycles. The largest absolute Gasteiger partial charge is 0.483 e. The van der Waals surface area contributed by atoms with E-state index in [1.807, 2.05) is 12.1 Å². The molecular formula is C22H32N2O3S. The minimum Gasteiger partial charge on any atom is -0.483 e. The predicted molar refractivity (Wildman–Crippen MR) is 113 cm³/mol. The molecule has 0 spiro atoms. The maximum absolute atomic E-state index is 12.3. The number of piperidine rings is 1. The van der Waals surface area contributed by atoms with Gasteiger partial charge in [0.2, 0.25) is 0 Å². The third-order valence-corrected chi connectivity index (χ3v) is 7.22. The molecular weight excluding hydrogens is 372 g/mol. The van der Waals surface area contributed by atoms with E-state index in [9.17, 15) is 4.79 Å². The SMILES string of the molecule is CC1(C)Cc2cccc(OCC(=O)NCC3CCN(C4CCSC4)CC3)c2O1. The summed E-state index contributed by atoms with van der Waals surface area (Å²) in [5.41, 5.74) is 0.936. The predicted octanol–water partition coefficient (Wildman–Crippen LogP) is 3.11. The van der Waals surface area contributed by atoms with E-state index < -0.39 is 0 Å². The minimum absolute atomic E-state index is 0.0401. The topological polar surface area (TPSA) is 50.8 Å². The summed E-state index contributed by atoms with van der Waals surface area (Å²) in [6.07, 6.45) is 4.56. The fraction of sp³-hybridized carbons (Fsp3) is 0.682. The molecule has 1 amide bonds. The van der Waals surface area contributed by atoms with Crippen LogP contribution < -0.4 is 14.8 Å². The Bertz CT molecular complexity index is 695. The summed E-state index contributed by atoms with van der Waals surface area (Å²) in [6.45, 7) is 7.28. The number of fused-ring (bicyclic) bond motifs is 1. The number of ether oxygens (including phenoxy) is 2. The second-order valence-electron chi connectivity index (χ2n) is 8.87. The lowest BCUT2D eigenvalue weighted by atomic mass is 9.95. The monoisotopic (exact) mass is 404 g/mol. The maximum atomic E-state index is 12.3. The molecule has 6 heteroatoms. The van der Waals surface area contributed by atoms with Crippen molar-refractivity contribution in [3.63, 3.8) is 0 Å². The van der Waals surface area contributed by atoms with Crippen LogP contribution in [0.15, 0.2) is 18.2 Å². The molecule has 1 N–H and O–H groups in total. The Kier molecular flexibility index (Phi) is 6.07. The molecule has 1 atom stereocenters. The number of rotatable bonds is 6. The van der Waals surface area contributed by atoms with Crippen LogP contribution in [0.3, 0.4) is 0 Å². The molecule has 1 aromatic rings. The Hall–Kier alpha value is -1.40. The molecule has 2 saturated heterocycles. The van der Waals surface area contributed by atoms with Gasteiger partial charge in [0.15, 0.2) is 18.1 Å². The molecule has 5 nitrogen and oxygen atoms in total. The minimum atomic E-state index is -0.212. The fourth-order valence-electron chi connectivity index (χ4n) is 4.49. The standard InChI is InChI=1S/C22H32N2O3S/c1-22(2)12-17-4-3-5-19(21(17)27-22)26-14-20(25)23-13-16-6-9-24(10-7-16)18-8-11-28-15-18/h3-5,16,18H,6-15H2,1-2H3,(H,23,25). The summed E-state index contributed by atoms with van der Waals surface area (Å²) in [7, 11) is 0. The highest BCUT2D eigenvalue weighted by molar-refractivity contribution is 7.99. The molecule has 3 aliphatic rings. The van der Waals surface area contributed by atoms with E-state index in [-0.39, 0.29) is 18.1 Å². The quantitative estimate of drug-likeness (QED) is 0.790. The zero-order valence-electron chi connectivity index (χ0n) is 17.0. The number of para-hydroxylation sites is 1. The van der Waals surface area contributed by atoms with E-state index in [2.05, 4.69) is 41.9 Å². The summed E-state index contributed by atoms with van der Waals surface area (Å²) in [4.78, 5) is 14.9. The summed E-state index contributed by atoms with van der Waals surface area (Å²) in [6, 6.07) is 6.69. The number of carbonyl (C=O) groups is 1. The van der Waals surface area contributed by atoms with Gasteiger partial charge in [0, 0.05) is 30.3 Å². The smallest absolute Gasteiger partial charge is 0.257 e. The molecule has 4 rings (SSSR count). The van der Waals surface area contributed by atoms with Crippen LogP contribution >= 0.6 is 11.8 Å². The molecule has 0 saturated carbocycles. The van der Waals surface area contributed by atoms with Gasteiger partial charge in [0.1, 0.15) is 5.60 Å². The lowest BCUT2D eigenvalue weighted by molar-refractivity contribution is -0.123. The first-order valence-corrected chi connectivity index (χ1v) is 11.7. The maximum Gasteiger partial charge on any atom is 0.257 e. The molecule has 3 heterocycles. The Balaban J connectivity index is 1.19.